The molecule has 0 bridgehead atoms. The maximum atomic E-state index is 8.56. The van der Waals surface area contributed by atoms with Crippen molar-refractivity contribution in [1.29, 1.82) is 5.26 Å². The molecular formula is C7H6N2O. The van der Waals surface area contributed by atoms with Gasteiger partial charge in [-0.3, -0.25) is 0 Å². The second-order valence-electron chi connectivity index (χ2n) is 1.57. The molecule has 50 valence electrons. The van der Waals surface area contributed by atoms with Gasteiger partial charge in [-0.2, -0.15) is 5.26 Å². The summed E-state index contributed by atoms with van der Waals surface area (Å²) >= 11 is 0. The zero-order chi connectivity index (χ0) is 9.90. The van der Waals surface area contributed by atoms with Crippen molar-refractivity contribution < 1.29 is 8.85 Å². The van der Waals surface area contributed by atoms with E-state index in [1.54, 1.807) is 6.07 Å². The predicted octanol–water partition coefficient (Wildman–Crippen LogP) is 0.962. The van der Waals surface area contributed by atoms with Crippen LogP contribution < -0.4 is 4.74 Å². The molecule has 1 aromatic heterocycles. The number of ether oxygens (including phenoxy) is 1. The van der Waals surface area contributed by atoms with Crippen molar-refractivity contribution in [2.24, 2.45) is 0 Å². The van der Waals surface area contributed by atoms with Crippen LogP contribution in [0.4, 0.5) is 0 Å². The summed E-state index contributed by atoms with van der Waals surface area (Å²) < 4.78 is 24.9. The van der Waals surface area contributed by atoms with Gasteiger partial charge in [0.1, 0.15) is 11.6 Å². The van der Waals surface area contributed by atoms with E-state index < -0.39 is 7.04 Å². The minimum atomic E-state index is -2.57. The minimum absolute atomic E-state index is 0.110. The van der Waals surface area contributed by atoms with Crippen molar-refractivity contribution in [1.82, 2.24) is 4.98 Å². The molecule has 0 N–H and O–H groups in total. The van der Waals surface area contributed by atoms with E-state index in [0.29, 0.717) is 0 Å². The van der Waals surface area contributed by atoms with Crippen molar-refractivity contribution in [2.75, 3.05) is 7.04 Å². The summed E-state index contributed by atoms with van der Waals surface area (Å²) in [6.07, 6.45) is 1.36. The van der Waals surface area contributed by atoms with E-state index in [9.17, 15) is 0 Å². The highest BCUT2D eigenvalue weighted by Crippen LogP contribution is 2.10. The lowest BCUT2D eigenvalue weighted by molar-refractivity contribution is 0.396. The van der Waals surface area contributed by atoms with Crippen molar-refractivity contribution >= 4 is 0 Å². The number of aromatic nitrogens is 1. The van der Waals surface area contributed by atoms with Crippen LogP contribution in [0.1, 0.15) is 9.68 Å². The molecule has 0 amide bonds. The molecule has 1 heterocycles. The van der Waals surface area contributed by atoms with E-state index in [0.717, 1.165) is 0 Å². The van der Waals surface area contributed by atoms with E-state index in [-0.39, 0.29) is 11.4 Å². The zero-order valence-corrected chi connectivity index (χ0v) is 5.03. The fourth-order valence-electron chi connectivity index (χ4n) is 0.557. The molecule has 0 aliphatic carbocycles. The highest BCUT2D eigenvalue weighted by molar-refractivity contribution is 5.36. The van der Waals surface area contributed by atoms with Crippen LogP contribution in [0.25, 0.3) is 0 Å². The van der Waals surface area contributed by atoms with E-state index in [2.05, 4.69) is 9.72 Å². The summed E-state index contributed by atoms with van der Waals surface area (Å²) in [6.45, 7) is 0. The second kappa shape index (κ2) is 2.83. The zero-order valence-electron chi connectivity index (χ0n) is 8.03. The summed E-state index contributed by atoms with van der Waals surface area (Å²) in [4.78, 5) is 3.63. The van der Waals surface area contributed by atoms with Crippen molar-refractivity contribution in [3.63, 3.8) is 0 Å². The molecular weight excluding hydrogens is 128 g/mol. The highest BCUT2D eigenvalue weighted by Gasteiger charge is 1.98. The average Bonchev–Trinajstić information content (AvgIpc) is 2.02. The van der Waals surface area contributed by atoms with Gasteiger partial charge in [0, 0.05) is 6.20 Å². The van der Waals surface area contributed by atoms with Gasteiger partial charge in [-0.1, -0.05) is 0 Å². The van der Waals surface area contributed by atoms with Crippen molar-refractivity contribution in [3.05, 3.63) is 23.9 Å². The number of nitrogens with zero attached hydrogens (tertiary/aromatic N) is 2. The Bertz CT molecular complexity index is 342. The number of hydrogen-bond donors (Lipinski definition) is 0. The molecule has 0 fully saturated rings. The number of methoxy groups -OCH3 is 1. The van der Waals surface area contributed by atoms with E-state index in [1.807, 2.05) is 0 Å². The quantitative estimate of drug-likeness (QED) is 0.579. The Hall–Kier alpha value is -1.56. The van der Waals surface area contributed by atoms with Crippen LogP contribution in [-0.4, -0.2) is 12.0 Å². The van der Waals surface area contributed by atoms with Crippen molar-refractivity contribution in [2.45, 2.75) is 0 Å². The minimum Gasteiger partial charge on any atom is -0.480 e. The normalized spacial score (nSPS) is 14.1. The molecule has 1 aromatic rings. The van der Waals surface area contributed by atoms with Crippen LogP contribution in [0.3, 0.4) is 0 Å². The number of pyridine rings is 1. The third-order valence-electron chi connectivity index (χ3n) is 0.988. The number of rotatable bonds is 1. The molecule has 3 nitrogen and oxygen atoms in total. The molecule has 0 aromatic carbocycles. The Kier molecular flexibility index (Phi) is 1.01. The third-order valence-corrected chi connectivity index (χ3v) is 0.988. The molecule has 0 aliphatic rings. The van der Waals surface area contributed by atoms with E-state index in [1.165, 1.54) is 18.3 Å². The van der Waals surface area contributed by atoms with Gasteiger partial charge in [-0.05, 0) is 12.1 Å². The average molecular weight is 137 g/mol. The molecule has 0 saturated heterocycles. The van der Waals surface area contributed by atoms with Crippen LogP contribution in [-0.2, 0) is 0 Å². The summed E-state index contributed by atoms with van der Waals surface area (Å²) in [6, 6.07) is 4.75. The standard InChI is InChI=1S/C7H6N2O/c1-10-7-6(5-8)3-2-4-9-7/h2-4H,1H3/i1D3. The molecule has 0 spiro atoms. The van der Waals surface area contributed by atoms with E-state index in [4.69, 9.17) is 9.37 Å². The maximum absolute atomic E-state index is 8.56. The second-order valence-corrected chi connectivity index (χ2v) is 1.57. The first-order chi connectivity index (χ1) is 6.03. The van der Waals surface area contributed by atoms with Gasteiger partial charge in [-0.25, -0.2) is 4.98 Å². The van der Waals surface area contributed by atoms with Crippen LogP contribution in [0.2, 0.25) is 0 Å². The first-order valence-corrected chi connectivity index (χ1v) is 2.57. The molecule has 10 heavy (non-hydrogen) atoms. The smallest absolute Gasteiger partial charge is 0.231 e. The van der Waals surface area contributed by atoms with Gasteiger partial charge < -0.3 is 4.74 Å². The third kappa shape index (κ3) is 1.06. The van der Waals surface area contributed by atoms with Crippen LogP contribution >= 0.6 is 0 Å². The van der Waals surface area contributed by atoms with Crippen LogP contribution in [0.15, 0.2) is 18.3 Å². The van der Waals surface area contributed by atoms with Gasteiger partial charge in [-0.15, -0.1) is 0 Å². The topological polar surface area (TPSA) is 45.9 Å². The predicted molar refractivity (Wildman–Crippen MR) is 35.5 cm³/mol. The molecule has 3 heteroatoms. The lowest BCUT2D eigenvalue weighted by Crippen LogP contribution is -1.89. The Labute approximate surface area is 63.1 Å². The molecule has 0 radical (unpaired) electrons. The lowest BCUT2D eigenvalue weighted by Gasteiger charge is -1.97. The van der Waals surface area contributed by atoms with Gasteiger partial charge in [0.25, 0.3) is 0 Å². The Morgan fingerprint density at radius 2 is 2.80 bits per heavy atom. The van der Waals surface area contributed by atoms with Gasteiger partial charge in [0.15, 0.2) is 0 Å². The fourth-order valence-corrected chi connectivity index (χ4v) is 0.557. The van der Waals surface area contributed by atoms with Crippen molar-refractivity contribution in [3.8, 4) is 11.9 Å². The molecule has 0 aliphatic heterocycles. The first-order valence-electron chi connectivity index (χ1n) is 4.07. The number of hydrogen-bond acceptors (Lipinski definition) is 3. The fraction of sp³-hybridized carbons (Fsp3) is 0.143. The summed E-state index contributed by atoms with van der Waals surface area (Å²) in [5.41, 5.74) is 0.110. The molecule has 0 saturated carbocycles. The van der Waals surface area contributed by atoms with Gasteiger partial charge in [0.05, 0.1) is 11.2 Å². The summed E-state index contributed by atoms with van der Waals surface area (Å²) in [7, 11) is -2.57. The maximum Gasteiger partial charge on any atom is 0.231 e. The lowest BCUT2D eigenvalue weighted by atomic mass is 10.3. The first kappa shape index (κ1) is 3.57. The van der Waals surface area contributed by atoms with E-state index >= 15 is 0 Å². The Morgan fingerprint density at radius 3 is 3.50 bits per heavy atom. The summed E-state index contributed by atoms with van der Waals surface area (Å²) in [5, 5.41) is 8.56. The molecule has 0 unspecified atom stereocenters. The van der Waals surface area contributed by atoms with Gasteiger partial charge >= 0.3 is 0 Å². The summed E-state index contributed by atoms with van der Waals surface area (Å²) in [5.74, 6) is -0.162. The van der Waals surface area contributed by atoms with Crippen LogP contribution in [0.5, 0.6) is 5.88 Å². The van der Waals surface area contributed by atoms with Gasteiger partial charge in [0.2, 0.25) is 5.88 Å². The largest absolute Gasteiger partial charge is 0.480 e. The SMILES string of the molecule is [2H]C([2H])([2H])Oc1ncccc1C#N. The Morgan fingerprint density at radius 1 is 1.90 bits per heavy atom. The molecule has 0 atom stereocenters. The molecule has 1 rings (SSSR count). The van der Waals surface area contributed by atoms with Crippen LogP contribution in [0, 0.1) is 11.3 Å². The monoisotopic (exact) mass is 137 g/mol. The highest BCUT2D eigenvalue weighted by atomic mass is 16.5. The Balaban J connectivity index is 2.96. The number of nitriles is 1.